The van der Waals surface area contributed by atoms with Gasteiger partial charge < -0.3 is 10.1 Å². The number of esters is 1. The topological polar surface area (TPSA) is 68.3 Å². The molecule has 0 aliphatic rings. The van der Waals surface area contributed by atoms with Gasteiger partial charge in [-0.25, -0.2) is 9.78 Å². The van der Waals surface area contributed by atoms with E-state index in [2.05, 4.69) is 10.3 Å². The SMILES string of the molecule is COC(=O)C(Cc1ccccc1)NC(=O)c1ccc(Cl)nc1. The minimum atomic E-state index is -0.768. The molecule has 0 spiro atoms. The van der Waals surface area contributed by atoms with Crippen molar-refractivity contribution < 1.29 is 14.3 Å². The summed E-state index contributed by atoms with van der Waals surface area (Å²) >= 11 is 5.69. The van der Waals surface area contributed by atoms with Gasteiger partial charge in [0, 0.05) is 12.6 Å². The number of amides is 1. The summed E-state index contributed by atoms with van der Waals surface area (Å²) < 4.78 is 4.75. The van der Waals surface area contributed by atoms with E-state index in [1.807, 2.05) is 30.3 Å². The minimum Gasteiger partial charge on any atom is -0.467 e. The predicted molar refractivity (Wildman–Crippen MR) is 82.7 cm³/mol. The molecule has 6 heteroatoms. The van der Waals surface area contributed by atoms with Crippen LogP contribution in [0.2, 0.25) is 5.15 Å². The number of ether oxygens (including phenoxy) is 1. The van der Waals surface area contributed by atoms with Crippen LogP contribution in [0.5, 0.6) is 0 Å². The van der Waals surface area contributed by atoms with E-state index in [4.69, 9.17) is 16.3 Å². The Morgan fingerprint density at radius 3 is 2.55 bits per heavy atom. The highest BCUT2D eigenvalue weighted by Crippen LogP contribution is 2.08. The molecule has 0 radical (unpaired) electrons. The lowest BCUT2D eigenvalue weighted by Gasteiger charge is -2.16. The summed E-state index contributed by atoms with van der Waals surface area (Å²) in [5.74, 6) is -0.908. The number of methoxy groups -OCH3 is 1. The Morgan fingerprint density at radius 2 is 1.95 bits per heavy atom. The van der Waals surface area contributed by atoms with Crippen LogP contribution in [0.1, 0.15) is 15.9 Å². The number of halogens is 1. The number of rotatable bonds is 5. The van der Waals surface area contributed by atoms with Crippen molar-refractivity contribution in [2.75, 3.05) is 7.11 Å². The zero-order chi connectivity index (χ0) is 15.9. The van der Waals surface area contributed by atoms with Gasteiger partial charge in [-0.1, -0.05) is 41.9 Å². The molecule has 0 saturated heterocycles. The van der Waals surface area contributed by atoms with Gasteiger partial charge in [-0.2, -0.15) is 0 Å². The van der Waals surface area contributed by atoms with Crippen LogP contribution < -0.4 is 5.32 Å². The molecular weight excluding hydrogens is 304 g/mol. The van der Waals surface area contributed by atoms with Crippen LogP contribution >= 0.6 is 11.6 Å². The standard InChI is InChI=1S/C16H15ClN2O3/c1-22-16(21)13(9-11-5-3-2-4-6-11)19-15(20)12-7-8-14(17)18-10-12/h2-8,10,13H,9H2,1H3,(H,19,20). The maximum absolute atomic E-state index is 12.2. The fraction of sp³-hybridized carbons (Fsp3) is 0.188. The van der Waals surface area contributed by atoms with E-state index in [1.54, 1.807) is 6.07 Å². The quantitative estimate of drug-likeness (QED) is 0.678. The Morgan fingerprint density at radius 1 is 1.23 bits per heavy atom. The van der Waals surface area contributed by atoms with Gasteiger partial charge in [0.2, 0.25) is 0 Å². The number of nitrogens with zero attached hydrogens (tertiary/aromatic N) is 1. The van der Waals surface area contributed by atoms with Crippen LogP contribution in [0.15, 0.2) is 48.7 Å². The van der Waals surface area contributed by atoms with E-state index in [9.17, 15) is 9.59 Å². The molecule has 1 aromatic heterocycles. The number of hydrogen-bond acceptors (Lipinski definition) is 4. The summed E-state index contributed by atoms with van der Waals surface area (Å²) in [5.41, 5.74) is 1.25. The Bertz CT molecular complexity index is 644. The predicted octanol–water partition coefficient (Wildman–Crippen LogP) is 2.25. The van der Waals surface area contributed by atoms with Crippen LogP contribution in [-0.4, -0.2) is 30.0 Å². The normalized spacial score (nSPS) is 11.5. The third kappa shape index (κ3) is 4.30. The first kappa shape index (κ1) is 16.0. The Balaban J connectivity index is 2.11. The monoisotopic (exact) mass is 318 g/mol. The highest BCUT2D eigenvalue weighted by molar-refractivity contribution is 6.29. The molecule has 2 rings (SSSR count). The fourth-order valence-electron chi connectivity index (χ4n) is 1.94. The van der Waals surface area contributed by atoms with E-state index in [0.717, 1.165) is 5.56 Å². The average Bonchev–Trinajstić information content (AvgIpc) is 2.55. The van der Waals surface area contributed by atoms with Gasteiger partial charge >= 0.3 is 5.97 Å². The van der Waals surface area contributed by atoms with E-state index in [-0.39, 0.29) is 0 Å². The fourth-order valence-corrected chi connectivity index (χ4v) is 2.05. The molecule has 1 atom stereocenters. The third-order valence-corrected chi connectivity index (χ3v) is 3.29. The van der Waals surface area contributed by atoms with Crippen molar-refractivity contribution in [1.82, 2.24) is 10.3 Å². The molecule has 0 bridgehead atoms. The van der Waals surface area contributed by atoms with E-state index in [1.165, 1.54) is 19.4 Å². The Kier molecular flexibility index (Phi) is 5.49. The van der Waals surface area contributed by atoms with Crippen molar-refractivity contribution in [3.8, 4) is 0 Å². The molecule has 1 amide bonds. The van der Waals surface area contributed by atoms with Crippen molar-refractivity contribution in [1.29, 1.82) is 0 Å². The molecule has 0 saturated carbocycles. The van der Waals surface area contributed by atoms with Gasteiger partial charge in [0.1, 0.15) is 11.2 Å². The summed E-state index contributed by atoms with van der Waals surface area (Å²) in [7, 11) is 1.29. The number of aromatic nitrogens is 1. The summed E-state index contributed by atoms with van der Waals surface area (Å²) in [4.78, 5) is 27.9. The number of benzene rings is 1. The molecule has 0 aliphatic carbocycles. The minimum absolute atomic E-state index is 0.297. The highest BCUT2D eigenvalue weighted by Gasteiger charge is 2.22. The summed E-state index contributed by atoms with van der Waals surface area (Å²) in [6, 6.07) is 11.7. The van der Waals surface area contributed by atoms with Gasteiger partial charge in [-0.05, 0) is 17.7 Å². The molecule has 1 unspecified atom stereocenters. The first-order chi connectivity index (χ1) is 10.6. The van der Waals surface area contributed by atoms with E-state index >= 15 is 0 Å². The molecular formula is C16H15ClN2O3. The van der Waals surface area contributed by atoms with Crippen LogP contribution in [-0.2, 0) is 16.0 Å². The molecule has 2 aromatic rings. The molecule has 0 aliphatic heterocycles. The molecule has 5 nitrogen and oxygen atoms in total. The number of hydrogen-bond donors (Lipinski definition) is 1. The highest BCUT2D eigenvalue weighted by atomic mass is 35.5. The van der Waals surface area contributed by atoms with Crippen molar-refractivity contribution in [3.63, 3.8) is 0 Å². The average molecular weight is 319 g/mol. The summed E-state index contributed by atoms with van der Waals surface area (Å²) in [6.45, 7) is 0. The molecule has 1 N–H and O–H groups in total. The summed E-state index contributed by atoms with van der Waals surface area (Å²) in [5, 5.41) is 2.95. The van der Waals surface area contributed by atoms with Crippen molar-refractivity contribution in [3.05, 3.63) is 64.9 Å². The van der Waals surface area contributed by atoms with Gasteiger partial charge in [0.25, 0.3) is 5.91 Å². The maximum atomic E-state index is 12.2. The lowest BCUT2D eigenvalue weighted by molar-refractivity contribution is -0.142. The second kappa shape index (κ2) is 7.56. The number of carbonyl (C=O) groups is 2. The molecule has 1 aromatic carbocycles. The smallest absolute Gasteiger partial charge is 0.328 e. The number of pyridine rings is 1. The van der Waals surface area contributed by atoms with Crippen LogP contribution in [0, 0.1) is 0 Å². The molecule has 1 heterocycles. The summed E-state index contributed by atoms with van der Waals surface area (Å²) in [6.07, 6.45) is 1.70. The lowest BCUT2D eigenvalue weighted by atomic mass is 10.1. The first-order valence-electron chi connectivity index (χ1n) is 6.64. The largest absolute Gasteiger partial charge is 0.467 e. The van der Waals surface area contributed by atoms with E-state index in [0.29, 0.717) is 17.1 Å². The Hall–Kier alpha value is -2.40. The van der Waals surface area contributed by atoms with Gasteiger partial charge in [-0.15, -0.1) is 0 Å². The van der Waals surface area contributed by atoms with Crippen LogP contribution in [0.4, 0.5) is 0 Å². The molecule has 0 fully saturated rings. The zero-order valence-corrected chi connectivity index (χ0v) is 12.7. The van der Waals surface area contributed by atoms with Crippen molar-refractivity contribution in [2.45, 2.75) is 12.5 Å². The van der Waals surface area contributed by atoms with E-state index < -0.39 is 17.9 Å². The first-order valence-corrected chi connectivity index (χ1v) is 7.02. The lowest BCUT2D eigenvalue weighted by Crippen LogP contribution is -2.43. The van der Waals surface area contributed by atoms with Crippen molar-refractivity contribution in [2.24, 2.45) is 0 Å². The van der Waals surface area contributed by atoms with Crippen LogP contribution in [0.25, 0.3) is 0 Å². The van der Waals surface area contributed by atoms with Gasteiger partial charge in [0.05, 0.1) is 12.7 Å². The Labute approximate surface area is 133 Å². The number of nitrogens with one attached hydrogen (secondary N) is 1. The second-order valence-electron chi connectivity index (χ2n) is 4.61. The van der Waals surface area contributed by atoms with Gasteiger partial charge in [-0.3, -0.25) is 4.79 Å². The zero-order valence-electron chi connectivity index (χ0n) is 12.0. The van der Waals surface area contributed by atoms with Gasteiger partial charge in [0.15, 0.2) is 0 Å². The maximum Gasteiger partial charge on any atom is 0.328 e. The van der Waals surface area contributed by atoms with Crippen LogP contribution in [0.3, 0.4) is 0 Å². The number of carbonyl (C=O) groups excluding carboxylic acids is 2. The van der Waals surface area contributed by atoms with Crippen molar-refractivity contribution >= 4 is 23.5 Å². The molecule has 22 heavy (non-hydrogen) atoms. The third-order valence-electron chi connectivity index (χ3n) is 3.06. The second-order valence-corrected chi connectivity index (χ2v) is 5.00. The molecule has 114 valence electrons.